The zero-order chi connectivity index (χ0) is 8.55. The molecule has 0 bridgehead atoms. The monoisotopic (exact) mass is 161 g/mol. The summed E-state index contributed by atoms with van der Waals surface area (Å²) in [5, 5.41) is 3.96. The van der Waals surface area contributed by atoms with E-state index >= 15 is 0 Å². The molecule has 0 radical (unpaired) electrons. The molecule has 1 amide bonds. The predicted molar refractivity (Wildman–Crippen MR) is 43.7 cm³/mol. The molecule has 60 valence electrons. The molecule has 0 aromatic carbocycles. The summed E-state index contributed by atoms with van der Waals surface area (Å²) in [6.07, 6.45) is 1.63. The summed E-state index contributed by atoms with van der Waals surface area (Å²) in [6.45, 7) is 0. The quantitative estimate of drug-likeness (QED) is 0.659. The molecule has 0 aliphatic carbocycles. The molecule has 0 aliphatic heterocycles. The Balaban J connectivity index is 2.82. The van der Waals surface area contributed by atoms with E-state index in [1.54, 1.807) is 18.3 Å². The molecule has 2 rings (SSSR count). The first-order valence-corrected chi connectivity index (χ1v) is 3.51. The molecule has 2 aromatic heterocycles. The van der Waals surface area contributed by atoms with Crippen molar-refractivity contribution < 1.29 is 4.79 Å². The van der Waals surface area contributed by atoms with Crippen LogP contribution in [0.25, 0.3) is 5.52 Å². The fourth-order valence-corrected chi connectivity index (χ4v) is 1.14. The molecular formula is C8H7N3O. The van der Waals surface area contributed by atoms with Gasteiger partial charge >= 0.3 is 0 Å². The molecule has 0 atom stereocenters. The van der Waals surface area contributed by atoms with E-state index in [0.717, 1.165) is 5.52 Å². The number of carbonyl (C=O) groups excluding carboxylic acids is 1. The van der Waals surface area contributed by atoms with E-state index in [9.17, 15) is 4.79 Å². The Hall–Kier alpha value is -1.84. The molecule has 0 fully saturated rings. The lowest BCUT2D eigenvalue weighted by Gasteiger charge is -1.98. The van der Waals surface area contributed by atoms with Crippen LogP contribution in [0.2, 0.25) is 0 Å². The van der Waals surface area contributed by atoms with Crippen molar-refractivity contribution in [3.63, 3.8) is 0 Å². The molecule has 0 saturated carbocycles. The number of aromatic nitrogens is 2. The molecule has 0 spiro atoms. The minimum Gasteiger partial charge on any atom is -0.364 e. The van der Waals surface area contributed by atoms with E-state index in [-0.39, 0.29) is 0 Å². The molecule has 0 saturated heterocycles. The smallest absolute Gasteiger partial charge is 0.267 e. The van der Waals surface area contributed by atoms with Gasteiger partial charge in [0.2, 0.25) is 0 Å². The lowest BCUT2D eigenvalue weighted by Crippen LogP contribution is -2.15. The number of rotatable bonds is 1. The second-order valence-electron chi connectivity index (χ2n) is 2.44. The van der Waals surface area contributed by atoms with Crippen molar-refractivity contribution >= 4 is 11.4 Å². The molecule has 0 unspecified atom stereocenters. The summed E-state index contributed by atoms with van der Waals surface area (Å²) in [5.41, 5.74) is 6.41. The van der Waals surface area contributed by atoms with Crippen LogP contribution in [-0.4, -0.2) is 15.5 Å². The fourth-order valence-electron chi connectivity index (χ4n) is 1.14. The summed E-state index contributed by atoms with van der Waals surface area (Å²) in [5.74, 6) is -0.468. The normalized spacial score (nSPS) is 10.3. The van der Waals surface area contributed by atoms with Crippen LogP contribution in [0.3, 0.4) is 0 Å². The van der Waals surface area contributed by atoms with Gasteiger partial charge in [-0.3, -0.25) is 4.79 Å². The topological polar surface area (TPSA) is 60.4 Å². The maximum atomic E-state index is 10.9. The lowest BCUT2D eigenvalue weighted by molar-refractivity contribution is 0.0993. The minimum absolute atomic E-state index is 0.400. The number of nitrogens with zero attached hydrogens (tertiary/aromatic N) is 2. The van der Waals surface area contributed by atoms with Gasteiger partial charge in [0.1, 0.15) is 5.69 Å². The van der Waals surface area contributed by atoms with Crippen molar-refractivity contribution in [1.82, 2.24) is 9.61 Å². The number of primary amides is 1. The van der Waals surface area contributed by atoms with Gasteiger partial charge < -0.3 is 5.73 Å². The molecule has 0 aliphatic rings. The van der Waals surface area contributed by atoms with Crippen molar-refractivity contribution in [2.45, 2.75) is 0 Å². The van der Waals surface area contributed by atoms with E-state index in [2.05, 4.69) is 5.10 Å². The molecule has 2 aromatic rings. The van der Waals surface area contributed by atoms with Crippen LogP contribution in [-0.2, 0) is 0 Å². The van der Waals surface area contributed by atoms with Crippen LogP contribution in [0, 0.1) is 0 Å². The van der Waals surface area contributed by atoms with Gasteiger partial charge in [-0.15, -0.1) is 0 Å². The van der Waals surface area contributed by atoms with Gasteiger partial charge in [-0.25, -0.2) is 4.52 Å². The lowest BCUT2D eigenvalue weighted by atomic mass is 10.3. The highest BCUT2D eigenvalue weighted by Crippen LogP contribution is 2.04. The van der Waals surface area contributed by atoms with Gasteiger partial charge in [-0.05, 0) is 18.2 Å². The first-order valence-electron chi connectivity index (χ1n) is 3.51. The van der Waals surface area contributed by atoms with Crippen molar-refractivity contribution in [1.29, 1.82) is 0 Å². The third-order valence-electron chi connectivity index (χ3n) is 1.67. The zero-order valence-corrected chi connectivity index (χ0v) is 6.27. The Kier molecular flexibility index (Phi) is 1.33. The zero-order valence-electron chi connectivity index (χ0n) is 6.27. The Morgan fingerprint density at radius 2 is 2.25 bits per heavy atom. The second-order valence-corrected chi connectivity index (χ2v) is 2.44. The average Bonchev–Trinajstić information content (AvgIpc) is 2.49. The number of hydrogen-bond acceptors (Lipinski definition) is 2. The molecule has 4 nitrogen and oxygen atoms in total. The highest BCUT2D eigenvalue weighted by Gasteiger charge is 2.04. The SMILES string of the molecule is NC(=O)c1cccc2ccnn12. The largest absolute Gasteiger partial charge is 0.364 e. The van der Waals surface area contributed by atoms with E-state index in [1.807, 2.05) is 12.1 Å². The van der Waals surface area contributed by atoms with Crippen molar-refractivity contribution in [2.24, 2.45) is 5.73 Å². The van der Waals surface area contributed by atoms with Crippen LogP contribution < -0.4 is 5.73 Å². The Morgan fingerprint density at radius 3 is 3.00 bits per heavy atom. The summed E-state index contributed by atoms with van der Waals surface area (Å²) >= 11 is 0. The van der Waals surface area contributed by atoms with Crippen molar-refractivity contribution in [3.05, 3.63) is 36.2 Å². The maximum Gasteiger partial charge on any atom is 0.267 e. The second kappa shape index (κ2) is 2.34. The van der Waals surface area contributed by atoms with E-state index in [1.165, 1.54) is 4.52 Å². The molecular weight excluding hydrogens is 154 g/mol. The van der Waals surface area contributed by atoms with E-state index in [0.29, 0.717) is 5.69 Å². The highest BCUT2D eigenvalue weighted by atomic mass is 16.1. The Bertz CT molecular complexity index is 433. The number of carbonyl (C=O) groups is 1. The van der Waals surface area contributed by atoms with Gasteiger partial charge in [0.15, 0.2) is 0 Å². The minimum atomic E-state index is -0.468. The van der Waals surface area contributed by atoms with Crippen LogP contribution in [0.15, 0.2) is 30.5 Å². The standard InChI is InChI=1S/C8H7N3O/c9-8(12)7-3-1-2-6-4-5-10-11(6)7/h1-5H,(H2,9,12). The van der Waals surface area contributed by atoms with Gasteiger partial charge in [-0.1, -0.05) is 6.07 Å². The number of amides is 1. The van der Waals surface area contributed by atoms with E-state index in [4.69, 9.17) is 5.73 Å². The first kappa shape index (κ1) is 6.84. The predicted octanol–water partition coefficient (Wildman–Crippen LogP) is 0.433. The van der Waals surface area contributed by atoms with Gasteiger partial charge in [0, 0.05) is 0 Å². The van der Waals surface area contributed by atoms with E-state index < -0.39 is 5.91 Å². The number of fused-ring (bicyclic) bond motifs is 1. The number of pyridine rings is 1. The van der Waals surface area contributed by atoms with Gasteiger partial charge in [-0.2, -0.15) is 5.10 Å². The van der Waals surface area contributed by atoms with Crippen molar-refractivity contribution in [2.75, 3.05) is 0 Å². The molecule has 2 N–H and O–H groups in total. The Labute approximate surface area is 68.6 Å². The van der Waals surface area contributed by atoms with Gasteiger partial charge in [0.25, 0.3) is 5.91 Å². The maximum absolute atomic E-state index is 10.9. The first-order chi connectivity index (χ1) is 5.79. The van der Waals surface area contributed by atoms with Gasteiger partial charge in [0.05, 0.1) is 11.7 Å². The van der Waals surface area contributed by atoms with Crippen LogP contribution in [0.5, 0.6) is 0 Å². The Morgan fingerprint density at radius 1 is 1.42 bits per heavy atom. The van der Waals surface area contributed by atoms with Crippen LogP contribution in [0.4, 0.5) is 0 Å². The molecule has 4 heteroatoms. The third-order valence-corrected chi connectivity index (χ3v) is 1.67. The summed E-state index contributed by atoms with van der Waals surface area (Å²) in [4.78, 5) is 10.9. The highest BCUT2D eigenvalue weighted by molar-refractivity contribution is 5.91. The number of hydrogen-bond donors (Lipinski definition) is 1. The van der Waals surface area contributed by atoms with Crippen LogP contribution >= 0.6 is 0 Å². The fraction of sp³-hybridized carbons (Fsp3) is 0. The third kappa shape index (κ3) is 0.852. The molecule has 2 heterocycles. The molecule has 12 heavy (non-hydrogen) atoms. The summed E-state index contributed by atoms with van der Waals surface area (Å²) in [7, 11) is 0. The number of nitrogens with two attached hydrogens (primary N) is 1. The average molecular weight is 161 g/mol. The van der Waals surface area contributed by atoms with Crippen LogP contribution in [0.1, 0.15) is 10.5 Å². The summed E-state index contributed by atoms with van der Waals surface area (Å²) in [6, 6.07) is 7.09. The van der Waals surface area contributed by atoms with Crippen molar-refractivity contribution in [3.8, 4) is 0 Å². The summed E-state index contributed by atoms with van der Waals surface area (Å²) < 4.78 is 1.52.